The second-order valence-electron chi connectivity index (χ2n) is 5.53. The highest BCUT2D eigenvalue weighted by Gasteiger charge is 2.12. The number of rotatable bonds is 4. The molecule has 0 fully saturated rings. The van der Waals surface area contributed by atoms with Crippen LogP contribution in [-0.4, -0.2) is 19.7 Å². The first-order chi connectivity index (χ1) is 11.8. The van der Waals surface area contributed by atoms with E-state index in [4.69, 9.17) is 0 Å². The molecule has 0 aliphatic rings. The van der Waals surface area contributed by atoms with E-state index in [0.29, 0.717) is 0 Å². The zero-order valence-electron chi connectivity index (χ0n) is 13.3. The van der Waals surface area contributed by atoms with Crippen molar-refractivity contribution in [3.8, 4) is 11.4 Å². The monoisotopic (exact) mass is 332 g/mol. The average Bonchev–Trinajstić information content (AvgIpc) is 3.01. The maximum absolute atomic E-state index is 4.34. The average molecular weight is 332 g/mol. The number of aromatic nitrogens is 4. The van der Waals surface area contributed by atoms with Crippen molar-refractivity contribution in [1.82, 2.24) is 19.7 Å². The quantitative estimate of drug-likeness (QED) is 0.522. The molecular formula is C19H16N4S. The molecule has 5 heteroatoms. The van der Waals surface area contributed by atoms with Crippen molar-refractivity contribution in [2.24, 2.45) is 7.05 Å². The molecule has 0 atom stereocenters. The molecule has 4 nitrogen and oxygen atoms in total. The lowest BCUT2D eigenvalue weighted by Crippen LogP contribution is -1.95. The van der Waals surface area contributed by atoms with Crippen LogP contribution in [-0.2, 0) is 12.8 Å². The molecule has 0 bridgehead atoms. The summed E-state index contributed by atoms with van der Waals surface area (Å²) in [7, 11) is 1.99. The Bertz CT molecular complexity index is 974. The molecule has 2 heterocycles. The van der Waals surface area contributed by atoms with Crippen LogP contribution in [0.2, 0.25) is 0 Å². The number of nitrogens with zero attached hydrogens (tertiary/aromatic N) is 4. The maximum atomic E-state index is 4.34. The molecule has 4 aromatic rings. The van der Waals surface area contributed by atoms with Crippen LogP contribution >= 0.6 is 11.8 Å². The van der Waals surface area contributed by atoms with Crippen molar-refractivity contribution in [1.29, 1.82) is 0 Å². The summed E-state index contributed by atoms with van der Waals surface area (Å²) in [6.45, 7) is 0. The van der Waals surface area contributed by atoms with Crippen LogP contribution in [0.15, 0.2) is 72.1 Å². The van der Waals surface area contributed by atoms with Crippen molar-refractivity contribution in [3.63, 3.8) is 0 Å². The second-order valence-corrected chi connectivity index (χ2v) is 6.48. The molecule has 0 saturated carbocycles. The van der Waals surface area contributed by atoms with Gasteiger partial charge in [-0.3, -0.25) is 4.98 Å². The fraction of sp³-hybridized carbons (Fsp3) is 0.105. The van der Waals surface area contributed by atoms with E-state index in [1.54, 1.807) is 18.0 Å². The Morgan fingerprint density at radius 1 is 0.958 bits per heavy atom. The smallest absolute Gasteiger partial charge is 0.191 e. The SMILES string of the molecule is Cn1c(SCc2cccc3ccccc23)nnc1-c1cccnc1. The highest BCUT2D eigenvalue weighted by Crippen LogP contribution is 2.28. The molecule has 0 aliphatic carbocycles. The minimum atomic E-state index is 0.837. The molecular weight excluding hydrogens is 316 g/mol. The van der Waals surface area contributed by atoms with Crippen LogP contribution < -0.4 is 0 Å². The number of benzene rings is 2. The molecule has 0 saturated heterocycles. The first-order valence-corrected chi connectivity index (χ1v) is 8.71. The number of fused-ring (bicyclic) bond motifs is 1. The highest BCUT2D eigenvalue weighted by molar-refractivity contribution is 7.98. The molecule has 0 radical (unpaired) electrons. The first kappa shape index (κ1) is 14.9. The molecule has 0 unspecified atom stereocenters. The van der Waals surface area contributed by atoms with Crippen molar-refractivity contribution in [2.75, 3.05) is 0 Å². The van der Waals surface area contributed by atoms with Crippen molar-refractivity contribution >= 4 is 22.5 Å². The molecule has 2 aromatic carbocycles. The Balaban J connectivity index is 1.59. The summed E-state index contributed by atoms with van der Waals surface area (Å²) in [5.74, 6) is 1.70. The van der Waals surface area contributed by atoms with Gasteiger partial charge >= 0.3 is 0 Å². The normalized spacial score (nSPS) is 11.0. The van der Waals surface area contributed by atoms with E-state index in [1.807, 2.05) is 29.9 Å². The van der Waals surface area contributed by atoms with Crippen molar-refractivity contribution in [3.05, 3.63) is 72.6 Å². The largest absolute Gasteiger partial charge is 0.305 e. The maximum Gasteiger partial charge on any atom is 0.191 e. The summed E-state index contributed by atoms with van der Waals surface area (Å²) >= 11 is 1.70. The predicted molar refractivity (Wildman–Crippen MR) is 97.7 cm³/mol. The summed E-state index contributed by atoms with van der Waals surface area (Å²) in [6.07, 6.45) is 3.57. The Hall–Kier alpha value is -2.66. The fourth-order valence-electron chi connectivity index (χ4n) is 2.75. The molecule has 24 heavy (non-hydrogen) atoms. The second kappa shape index (κ2) is 6.45. The van der Waals surface area contributed by atoms with E-state index in [2.05, 4.69) is 57.6 Å². The van der Waals surface area contributed by atoms with Gasteiger partial charge in [0.2, 0.25) is 0 Å². The molecule has 118 valence electrons. The zero-order chi connectivity index (χ0) is 16.4. The van der Waals surface area contributed by atoms with Crippen molar-refractivity contribution in [2.45, 2.75) is 10.9 Å². The fourth-order valence-corrected chi connectivity index (χ4v) is 3.66. The minimum Gasteiger partial charge on any atom is -0.305 e. The topological polar surface area (TPSA) is 43.6 Å². The van der Waals surface area contributed by atoms with Gasteiger partial charge in [-0.15, -0.1) is 10.2 Å². The third-order valence-corrected chi connectivity index (χ3v) is 5.06. The van der Waals surface area contributed by atoms with Crippen molar-refractivity contribution < 1.29 is 0 Å². The van der Waals surface area contributed by atoms with Gasteiger partial charge in [0.05, 0.1) is 0 Å². The zero-order valence-corrected chi connectivity index (χ0v) is 14.1. The van der Waals surface area contributed by atoms with Crippen LogP contribution in [0.3, 0.4) is 0 Å². The van der Waals surface area contributed by atoms with Gasteiger partial charge in [0, 0.05) is 30.8 Å². The molecule has 0 spiro atoms. The highest BCUT2D eigenvalue weighted by atomic mass is 32.2. The number of hydrogen-bond donors (Lipinski definition) is 0. The molecule has 0 aliphatic heterocycles. The Kier molecular flexibility index (Phi) is 4.01. The summed E-state index contributed by atoms with van der Waals surface area (Å²) in [5.41, 5.74) is 2.29. The predicted octanol–water partition coefficient (Wildman–Crippen LogP) is 4.32. The third-order valence-electron chi connectivity index (χ3n) is 3.99. The van der Waals surface area contributed by atoms with Gasteiger partial charge in [0.15, 0.2) is 11.0 Å². The van der Waals surface area contributed by atoms with Crippen LogP contribution in [0.5, 0.6) is 0 Å². The summed E-state index contributed by atoms with van der Waals surface area (Å²) in [4.78, 5) is 4.15. The van der Waals surface area contributed by atoms with E-state index in [1.165, 1.54) is 16.3 Å². The van der Waals surface area contributed by atoms with Gasteiger partial charge in [0.25, 0.3) is 0 Å². The Labute approximate surface area is 144 Å². The van der Waals surface area contributed by atoms with Crippen LogP contribution in [0.1, 0.15) is 5.56 Å². The summed E-state index contributed by atoms with van der Waals surface area (Å²) in [5, 5.41) is 12.1. The summed E-state index contributed by atoms with van der Waals surface area (Å²) < 4.78 is 2.02. The Morgan fingerprint density at radius 3 is 2.71 bits per heavy atom. The van der Waals surface area contributed by atoms with Crippen LogP contribution in [0.25, 0.3) is 22.2 Å². The number of pyridine rings is 1. The van der Waals surface area contributed by atoms with Gasteiger partial charge in [-0.05, 0) is 28.5 Å². The standard InChI is InChI=1S/C19H16N4S/c1-23-18(15-9-5-11-20-12-15)21-22-19(23)24-13-16-8-4-7-14-6-2-3-10-17(14)16/h2-12H,13H2,1H3. The molecule has 2 aromatic heterocycles. The summed E-state index contributed by atoms with van der Waals surface area (Å²) in [6, 6.07) is 18.8. The van der Waals surface area contributed by atoms with E-state index >= 15 is 0 Å². The lowest BCUT2D eigenvalue weighted by atomic mass is 10.1. The van der Waals surface area contributed by atoms with Gasteiger partial charge in [-0.25, -0.2) is 0 Å². The minimum absolute atomic E-state index is 0.837. The Morgan fingerprint density at radius 2 is 1.83 bits per heavy atom. The van der Waals surface area contributed by atoms with E-state index < -0.39 is 0 Å². The molecule has 4 rings (SSSR count). The lowest BCUT2D eigenvalue weighted by molar-refractivity contribution is 0.793. The van der Waals surface area contributed by atoms with Gasteiger partial charge in [0.1, 0.15) is 0 Å². The molecule has 0 N–H and O–H groups in total. The number of thioether (sulfide) groups is 1. The lowest BCUT2D eigenvalue weighted by Gasteiger charge is -2.06. The van der Waals surface area contributed by atoms with Crippen LogP contribution in [0.4, 0.5) is 0 Å². The van der Waals surface area contributed by atoms with Gasteiger partial charge in [-0.2, -0.15) is 0 Å². The van der Waals surface area contributed by atoms with Gasteiger partial charge in [-0.1, -0.05) is 54.2 Å². The van der Waals surface area contributed by atoms with Gasteiger partial charge < -0.3 is 4.57 Å². The number of hydrogen-bond acceptors (Lipinski definition) is 4. The van der Waals surface area contributed by atoms with E-state index in [-0.39, 0.29) is 0 Å². The van der Waals surface area contributed by atoms with Crippen LogP contribution in [0, 0.1) is 0 Å². The third kappa shape index (κ3) is 2.78. The first-order valence-electron chi connectivity index (χ1n) is 7.72. The van der Waals surface area contributed by atoms with E-state index in [9.17, 15) is 0 Å². The molecule has 0 amide bonds. The van der Waals surface area contributed by atoms with E-state index in [0.717, 1.165) is 22.3 Å².